The molecule has 25 heavy (non-hydrogen) atoms. The number of furan rings is 1. The summed E-state index contributed by atoms with van der Waals surface area (Å²) in [5.74, 6) is 0. The van der Waals surface area contributed by atoms with Crippen LogP contribution in [0.3, 0.4) is 0 Å². The van der Waals surface area contributed by atoms with Crippen LogP contribution in [0.25, 0.3) is 43.7 Å². The first-order chi connectivity index (χ1) is 12.0. The molecule has 0 amide bonds. The molecule has 2 heteroatoms. The van der Waals surface area contributed by atoms with E-state index in [4.69, 9.17) is 4.42 Å². The highest BCUT2D eigenvalue weighted by Gasteiger charge is 2.22. The van der Waals surface area contributed by atoms with Gasteiger partial charge >= 0.3 is 0 Å². The van der Waals surface area contributed by atoms with Gasteiger partial charge in [-0.2, -0.15) is 0 Å². The summed E-state index contributed by atoms with van der Waals surface area (Å²) in [5, 5.41) is 4.93. The zero-order chi connectivity index (χ0) is 17.3. The van der Waals surface area contributed by atoms with E-state index < -0.39 is 0 Å². The lowest BCUT2D eigenvalue weighted by atomic mass is 9.85. The van der Waals surface area contributed by atoms with Crippen molar-refractivity contribution in [3.05, 3.63) is 60.2 Å². The summed E-state index contributed by atoms with van der Waals surface area (Å²) in [4.78, 5) is 0. The van der Waals surface area contributed by atoms with Crippen LogP contribution in [-0.4, -0.2) is 4.57 Å². The van der Waals surface area contributed by atoms with Crippen molar-refractivity contribution in [1.29, 1.82) is 0 Å². The molecular formula is C23H21NO. The van der Waals surface area contributed by atoms with Crippen LogP contribution in [0.1, 0.15) is 26.3 Å². The standard InChI is InChI=1S/C23H21NO/c1-23(2,3)18-10-7-9-15-16-12-13-17-14-8-5-6-11-19(14)25-22(17)21(16)24(4)20(15)18/h5-13H,1-4H3. The number of aryl methyl sites for hydroxylation is 1. The van der Waals surface area contributed by atoms with Gasteiger partial charge in [0.05, 0.1) is 11.0 Å². The first-order valence-corrected chi connectivity index (χ1v) is 8.78. The highest BCUT2D eigenvalue weighted by molar-refractivity contribution is 6.21. The van der Waals surface area contributed by atoms with Crippen molar-refractivity contribution in [3.63, 3.8) is 0 Å². The maximum Gasteiger partial charge on any atom is 0.159 e. The maximum absolute atomic E-state index is 6.28. The van der Waals surface area contributed by atoms with Gasteiger partial charge in [-0.05, 0) is 23.1 Å². The molecule has 3 aromatic carbocycles. The molecule has 0 bridgehead atoms. The van der Waals surface area contributed by atoms with Gasteiger partial charge in [0.15, 0.2) is 5.58 Å². The fourth-order valence-electron chi connectivity index (χ4n) is 4.16. The van der Waals surface area contributed by atoms with E-state index in [2.05, 4.69) is 74.9 Å². The molecule has 5 aromatic rings. The number of benzene rings is 3. The van der Waals surface area contributed by atoms with Crippen LogP contribution in [0.4, 0.5) is 0 Å². The number of hydrogen-bond donors (Lipinski definition) is 0. The predicted octanol–water partition coefficient (Wildman–Crippen LogP) is 6.53. The Morgan fingerprint density at radius 2 is 1.40 bits per heavy atom. The average Bonchev–Trinajstić information content (AvgIpc) is 3.10. The van der Waals surface area contributed by atoms with Crippen molar-refractivity contribution in [2.45, 2.75) is 26.2 Å². The number of rotatable bonds is 0. The zero-order valence-corrected chi connectivity index (χ0v) is 15.1. The van der Waals surface area contributed by atoms with Gasteiger partial charge < -0.3 is 8.98 Å². The van der Waals surface area contributed by atoms with E-state index >= 15 is 0 Å². The van der Waals surface area contributed by atoms with E-state index in [0.29, 0.717) is 0 Å². The molecule has 0 spiro atoms. The van der Waals surface area contributed by atoms with Crippen LogP contribution < -0.4 is 0 Å². The number of hydrogen-bond acceptors (Lipinski definition) is 1. The number of nitrogens with zero attached hydrogens (tertiary/aromatic N) is 1. The molecule has 2 aromatic heterocycles. The molecule has 0 N–H and O–H groups in total. The van der Waals surface area contributed by atoms with E-state index in [1.807, 2.05) is 12.1 Å². The maximum atomic E-state index is 6.28. The summed E-state index contributed by atoms with van der Waals surface area (Å²) in [6, 6.07) is 19.4. The first-order valence-electron chi connectivity index (χ1n) is 8.78. The summed E-state index contributed by atoms with van der Waals surface area (Å²) >= 11 is 0. The Morgan fingerprint density at radius 1 is 0.720 bits per heavy atom. The zero-order valence-electron chi connectivity index (χ0n) is 15.1. The summed E-state index contributed by atoms with van der Waals surface area (Å²) < 4.78 is 8.60. The summed E-state index contributed by atoms with van der Waals surface area (Å²) in [6.45, 7) is 6.82. The number of fused-ring (bicyclic) bond motifs is 7. The van der Waals surface area contributed by atoms with Crippen molar-refractivity contribution < 1.29 is 4.42 Å². The minimum atomic E-state index is 0.0919. The van der Waals surface area contributed by atoms with E-state index in [-0.39, 0.29) is 5.41 Å². The molecule has 0 aliphatic heterocycles. The monoisotopic (exact) mass is 327 g/mol. The lowest BCUT2D eigenvalue weighted by Crippen LogP contribution is -2.12. The van der Waals surface area contributed by atoms with Crippen LogP contribution in [0.5, 0.6) is 0 Å². The quantitative estimate of drug-likeness (QED) is 0.316. The molecular weight excluding hydrogens is 306 g/mol. The van der Waals surface area contributed by atoms with Crippen LogP contribution in [0.15, 0.2) is 59.0 Å². The van der Waals surface area contributed by atoms with Crippen LogP contribution in [0.2, 0.25) is 0 Å². The summed E-state index contributed by atoms with van der Waals surface area (Å²) in [7, 11) is 2.16. The molecule has 2 nitrogen and oxygen atoms in total. The van der Waals surface area contributed by atoms with Crippen LogP contribution >= 0.6 is 0 Å². The van der Waals surface area contributed by atoms with Gasteiger partial charge in [0, 0.05) is 28.6 Å². The molecule has 2 heterocycles. The second-order valence-corrected chi connectivity index (χ2v) is 7.95. The lowest BCUT2D eigenvalue weighted by Gasteiger charge is -2.21. The van der Waals surface area contributed by atoms with Crippen molar-refractivity contribution in [2.24, 2.45) is 7.05 Å². The van der Waals surface area contributed by atoms with E-state index in [1.165, 1.54) is 38.1 Å². The molecule has 5 rings (SSSR count). The van der Waals surface area contributed by atoms with Crippen LogP contribution in [0, 0.1) is 0 Å². The van der Waals surface area contributed by atoms with Gasteiger partial charge in [-0.15, -0.1) is 0 Å². The Kier molecular flexibility index (Phi) is 2.72. The van der Waals surface area contributed by atoms with Crippen molar-refractivity contribution in [3.8, 4) is 0 Å². The average molecular weight is 327 g/mol. The van der Waals surface area contributed by atoms with Crippen LogP contribution in [-0.2, 0) is 12.5 Å². The Balaban J connectivity index is 2.05. The fraction of sp³-hybridized carbons (Fsp3) is 0.217. The van der Waals surface area contributed by atoms with Gasteiger partial charge in [-0.1, -0.05) is 63.2 Å². The van der Waals surface area contributed by atoms with Gasteiger partial charge in [-0.3, -0.25) is 0 Å². The Morgan fingerprint density at radius 3 is 2.20 bits per heavy atom. The Bertz CT molecular complexity index is 1280. The molecule has 0 unspecified atom stereocenters. The Hall–Kier alpha value is -2.74. The van der Waals surface area contributed by atoms with E-state index in [9.17, 15) is 0 Å². The summed E-state index contributed by atoms with van der Waals surface area (Å²) in [6.07, 6.45) is 0. The molecule has 0 fully saturated rings. The lowest BCUT2D eigenvalue weighted by molar-refractivity contribution is 0.593. The second-order valence-electron chi connectivity index (χ2n) is 7.95. The topological polar surface area (TPSA) is 18.1 Å². The van der Waals surface area contributed by atoms with Crippen molar-refractivity contribution in [1.82, 2.24) is 4.57 Å². The van der Waals surface area contributed by atoms with Gasteiger partial charge in [0.1, 0.15) is 5.58 Å². The molecule has 0 aliphatic carbocycles. The van der Waals surface area contributed by atoms with E-state index in [1.54, 1.807) is 0 Å². The van der Waals surface area contributed by atoms with Gasteiger partial charge in [0.25, 0.3) is 0 Å². The molecule has 0 saturated carbocycles. The molecule has 0 aliphatic rings. The smallest absolute Gasteiger partial charge is 0.159 e. The SMILES string of the molecule is Cn1c2c(C(C)(C)C)cccc2c2ccc3c4ccccc4oc3c21. The highest BCUT2D eigenvalue weighted by Crippen LogP contribution is 2.40. The normalized spacial score (nSPS) is 12.8. The second kappa shape index (κ2) is 4.66. The minimum absolute atomic E-state index is 0.0919. The van der Waals surface area contributed by atoms with Gasteiger partial charge in [-0.25, -0.2) is 0 Å². The number of para-hydroxylation sites is 2. The van der Waals surface area contributed by atoms with Crippen molar-refractivity contribution in [2.75, 3.05) is 0 Å². The third-order valence-electron chi connectivity index (χ3n) is 5.33. The molecule has 0 radical (unpaired) electrons. The largest absolute Gasteiger partial charge is 0.454 e. The van der Waals surface area contributed by atoms with Gasteiger partial charge in [0.2, 0.25) is 0 Å². The minimum Gasteiger partial charge on any atom is -0.454 e. The van der Waals surface area contributed by atoms with E-state index in [0.717, 1.165) is 11.2 Å². The molecule has 0 saturated heterocycles. The molecule has 0 atom stereocenters. The Labute approximate surface area is 146 Å². The summed E-state index contributed by atoms with van der Waals surface area (Å²) in [5.41, 5.74) is 5.88. The molecule has 124 valence electrons. The third kappa shape index (κ3) is 1.85. The van der Waals surface area contributed by atoms with Crippen molar-refractivity contribution >= 4 is 43.7 Å². The fourth-order valence-corrected chi connectivity index (χ4v) is 4.16. The number of aromatic nitrogens is 1. The predicted molar refractivity (Wildman–Crippen MR) is 106 cm³/mol. The first kappa shape index (κ1) is 14.6. The highest BCUT2D eigenvalue weighted by atomic mass is 16.3. The third-order valence-corrected chi connectivity index (χ3v) is 5.33.